The average molecular weight is 404 g/mol. The number of benzene rings is 1. The van der Waals surface area contributed by atoms with E-state index in [9.17, 15) is 14.9 Å². The number of carbonyl (C=O) groups is 1. The molecule has 0 saturated heterocycles. The molecule has 2 aromatic heterocycles. The lowest BCUT2D eigenvalue weighted by Gasteiger charge is -2.12. The normalized spacial score (nSPS) is 12.0. The predicted molar refractivity (Wildman–Crippen MR) is 102 cm³/mol. The van der Waals surface area contributed by atoms with Gasteiger partial charge < -0.3 is 0 Å². The number of carbonyl (C=O) groups excluding carboxylic acids is 1. The van der Waals surface area contributed by atoms with Crippen molar-refractivity contribution in [3.05, 3.63) is 62.7 Å². The Bertz CT molecular complexity index is 1030. The number of nitrogens with one attached hydrogen (secondary N) is 1. The monoisotopic (exact) mass is 403 g/mol. The quantitative estimate of drug-likeness (QED) is 0.499. The summed E-state index contributed by atoms with van der Waals surface area (Å²) in [6.45, 7) is 5.16. The lowest BCUT2D eigenvalue weighted by atomic mass is 10.2. The van der Waals surface area contributed by atoms with E-state index in [2.05, 4.69) is 20.5 Å². The summed E-state index contributed by atoms with van der Waals surface area (Å²) in [5.74, 6) is -0.286. The molecule has 1 N–H and O–H groups in total. The largest absolute Gasteiger partial charge is 0.312 e. The molecule has 0 spiro atoms. The Kier molecular flexibility index (Phi) is 5.41. The van der Waals surface area contributed by atoms with Gasteiger partial charge >= 0.3 is 5.69 Å². The summed E-state index contributed by atoms with van der Waals surface area (Å²) >= 11 is 5.87. The minimum Gasteiger partial charge on any atom is -0.291 e. The summed E-state index contributed by atoms with van der Waals surface area (Å²) in [4.78, 5) is 27.2. The third-order valence-electron chi connectivity index (χ3n) is 4.24. The number of amides is 1. The second-order valence-corrected chi connectivity index (χ2v) is 6.71. The molecule has 146 valence electrons. The Morgan fingerprint density at radius 3 is 2.57 bits per heavy atom. The van der Waals surface area contributed by atoms with Crippen LogP contribution >= 0.6 is 11.6 Å². The van der Waals surface area contributed by atoms with Crippen LogP contribution in [-0.2, 0) is 11.3 Å². The third-order valence-corrected chi connectivity index (χ3v) is 4.50. The van der Waals surface area contributed by atoms with Gasteiger partial charge in [-0.2, -0.15) is 5.10 Å². The van der Waals surface area contributed by atoms with Crippen LogP contribution in [0.3, 0.4) is 0 Å². The highest BCUT2D eigenvalue weighted by Crippen LogP contribution is 2.25. The van der Waals surface area contributed by atoms with Crippen molar-refractivity contribution in [1.82, 2.24) is 24.5 Å². The Labute approximate surface area is 165 Å². The lowest BCUT2D eigenvalue weighted by molar-refractivity contribution is -0.386. The summed E-state index contributed by atoms with van der Waals surface area (Å²) in [6.07, 6.45) is 1.50. The smallest absolute Gasteiger partial charge is 0.291 e. The van der Waals surface area contributed by atoms with Gasteiger partial charge in [0.05, 0.1) is 11.5 Å². The van der Waals surface area contributed by atoms with Crippen LogP contribution in [0.1, 0.15) is 29.9 Å². The Balaban J connectivity index is 1.70. The molecule has 3 aromatic rings. The molecule has 0 bridgehead atoms. The van der Waals surface area contributed by atoms with Gasteiger partial charge in [0.1, 0.15) is 23.8 Å². The van der Waals surface area contributed by atoms with Crippen molar-refractivity contribution in [3.8, 4) is 0 Å². The van der Waals surface area contributed by atoms with E-state index in [1.165, 1.54) is 17.9 Å². The molecule has 2 heterocycles. The van der Waals surface area contributed by atoms with Gasteiger partial charge in [-0.3, -0.25) is 24.9 Å². The minimum absolute atomic E-state index is 0.0926. The number of nitro groups is 1. The van der Waals surface area contributed by atoms with Crippen molar-refractivity contribution >= 4 is 29.1 Å². The minimum atomic E-state index is -0.768. The Hall–Kier alpha value is -3.27. The second kappa shape index (κ2) is 7.77. The maximum Gasteiger partial charge on any atom is 0.312 e. The van der Waals surface area contributed by atoms with E-state index in [1.807, 2.05) is 12.1 Å². The zero-order chi connectivity index (χ0) is 20.4. The molecule has 3 rings (SSSR count). The molecule has 1 unspecified atom stereocenters. The van der Waals surface area contributed by atoms with Crippen LogP contribution in [0.25, 0.3) is 0 Å². The first-order valence-electron chi connectivity index (χ1n) is 8.41. The van der Waals surface area contributed by atoms with E-state index in [4.69, 9.17) is 11.6 Å². The average Bonchev–Trinajstić information content (AvgIpc) is 3.19. The van der Waals surface area contributed by atoms with Gasteiger partial charge in [-0.15, -0.1) is 5.10 Å². The fraction of sp³-hybridized carbons (Fsp3) is 0.294. The molecule has 0 aliphatic heterocycles. The maximum atomic E-state index is 12.5. The van der Waals surface area contributed by atoms with Crippen molar-refractivity contribution in [2.75, 3.05) is 5.32 Å². The number of halogens is 1. The predicted octanol–water partition coefficient (Wildman–Crippen LogP) is 2.90. The fourth-order valence-corrected chi connectivity index (χ4v) is 2.95. The molecule has 28 heavy (non-hydrogen) atoms. The Morgan fingerprint density at radius 2 is 1.96 bits per heavy atom. The first kappa shape index (κ1) is 19.5. The number of hydrogen-bond acceptors (Lipinski definition) is 6. The van der Waals surface area contributed by atoms with Gasteiger partial charge in [0.15, 0.2) is 0 Å². The van der Waals surface area contributed by atoms with E-state index in [0.29, 0.717) is 17.3 Å². The van der Waals surface area contributed by atoms with Crippen LogP contribution < -0.4 is 5.32 Å². The number of anilines is 1. The molecular weight excluding hydrogens is 386 g/mol. The molecule has 0 aliphatic carbocycles. The molecule has 0 fully saturated rings. The van der Waals surface area contributed by atoms with E-state index in [0.717, 1.165) is 5.56 Å². The van der Waals surface area contributed by atoms with Crippen molar-refractivity contribution in [3.63, 3.8) is 0 Å². The summed E-state index contributed by atoms with van der Waals surface area (Å²) in [6, 6.07) is 6.55. The summed E-state index contributed by atoms with van der Waals surface area (Å²) in [7, 11) is 0. The molecule has 10 nitrogen and oxygen atoms in total. The van der Waals surface area contributed by atoms with E-state index in [-0.39, 0.29) is 17.3 Å². The summed E-state index contributed by atoms with van der Waals surface area (Å²) < 4.78 is 2.91. The Morgan fingerprint density at radius 1 is 1.29 bits per heavy atom. The van der Waals surface area contributed by atoms with E-state index < -0.39 is 16.9 Å². The molecule has 1 aromatic carbocycles. The summed E-state index contributed by atoms with van der Waals surface area (Å²) in [5, 5.41) is 22.7. The molecule has 1 amide bonds. The van der Waals surface area contributed by atoms with E-state index in [1.54, 1.807) is 30.7 Å². The zero-order valence-corrected chi connectivity index (χ0v) is 16.2. The number of nitrogens with zero attached hydrogens (tertiary/aromatic N) is 6. The van der Waals surface area contributed by atoms with Crippen LogP contribution in [0.15, 0.2) is 30.6 Å². The molecular formula is C17H18ClN7O3. The van der Waals surface area contributed by atoms with Crippen molar-refractivity contribution in [1.29, 1.82) is 0 Å². The van der Waals surface area contributed by atoms with Gasteiger partial charge in [0, 0.05) is 5.02 Å². The van der Waals surface area contributed by atoms with Crippen LogP contribution in [0.2, 0.25) is 5.02 Å². The van der Waals surface area contributed by atoms with Crippen molar-refractivity contribution < 1.29 is 9.72 Å². The van der Waals surface area contributed by atoms with Gasteiger partial charge in [-0.25, -0.2) is 9.67 Å². The second-order valence-electron chi connectivity index (χ2n) is 6.28. The van der Waals surface area contributed by atoms with Gasteiger partial charge in [-0.1, -0.05) is 23.7 Å². The number of hydrogen-bond donors (Lipinski definition) is 1. The zero-order valence-electron chi connectivity index (χ0n) is 15.5. The van der Waals surface area contributed by atoms with Gasteiger partial charge in [-0.05, 0) is 38.5 Å². The standard InChI is InChI=1S/C17H18ClN7O3/c1-10-15(25(27)28)11(2)24(21-10)12(3)16(26)20-17-19-9-23(22-17)8-13-4-6-14(18)7-5-13/h4-7,9,12H,8H2,1-3H3,(H,20,22,26). The highest BCUT2D eigenvalue weighted by atomic mass is 35.5. The number of aryl methyl sites for hydroxylation is 1. The number of rotatable bonds is 6. The highest BCUT2D eigenvalue weighted by Gasteiger charge is 2.27. The fourth-order valence-electron chi connectivity index (χ4n) is 2.83. The van der Waals surface area contributed by atoms with Crippen LogP contribution in [0.4, 0.5) is 11.6 Å². The van der Waals surface area contributed by atoms with Crippen LogP contribution in [0, 0.1) is 24.0 Å². The topological polar surface area (TPSA) is 121 Å². The van der Waals surface area contributed by atoms with Gasteiger partial charge in [0.25, 0.3) is 5.91 Å². The van der Waals surface area contributed by atoms with Crippen molar-refractivity contribution in [2.24, 2.45) is 0 Å². The molecule has 0 aliphatic rings. The molecule has 1 atom stereocenters. The number of aromatic nitrogens is 5. The first-order valence-corrected chi connectivity index (χ1v) is 8.79. The SMILES string of the molecule is Cc1nn(C(C)C(=O)Nc2ncn(Cc3ccc(Cl)cc3)n2)c(C)c1[N+](=O)[O-]. The van der Waals surface area contributed by atoms with E-state index >= 15 is 0 Å². The van der Waals surface area contributed by atoms with Crippen LogP contribution in [-0.4, -0.2) is 35.4 Å². The van der Waals surface area contributed by atoms with Gasteiger partial charge in [0.2, 0.25) is 5.95 Å². The third kappa shape index (κ3) is 4.01. The lowest BCUT2D eigenvalue weighted by Crippen LogP contribution is -2.26. The first-order chi connectivity index (χ1) is 13.3. The highest BCUT2D eigenvalue weighted by molar-refractivity contribution is 6.30. The molecule has 0 radical (unpaired) electrons. The maximum absolute atomic E-state index is 12.5. The summed E-state index contributed by atoms with van der Waals surface area (Å²) in [5.41, 5.74) is 1.46. The molecule has 11 heteroatoms. The molecule has 0 saturated carbocycles. The van der Waals surface area contributed by atoms with Crippen molar-refractivity contribution in [2.45, 2.75) is 33.4 Å². The van der Waals surface area contributed by atoms with Crippen LogP contribution in [0.5, 0.6) is 0 Å².